The van der Waals surface area contributed by atoms with Gasteiger partial charge in [-0.25, -0.2) is 0 Å². The number of hydrogen-bond acceptors (Lipinski definition) is 6. The van der Waals surface area contributed by atoms with E-state index in [-0.39, 0.29) is 19.1 Å². The fraction of sp³-hybridized carbons (Fsp3) is 0.909. The van der Waals surface area contributed by atoms with Gasteiger partial charge >= 0.3 is 0 Å². The van der Waals surface area contributed by atoms with Crippen LogP contribution in [-0.4, -0.2) is 77.4 Å². The molecule has 108 valence electrons. The number of amides is 1. The molecule has 7 heteroatoms. The van der Waals surface area contributed by atoms with Crippen LogP contribution in [0.4, 0.5) is 0 Å². The van der Waals surface area contributed by atoms with Crippen molar-refractivity contribution >= 4 is 5.91 Å². The van der Waals surface area contributed by atoms with E-state index in [1.807, 2.05) is 0 Å². The number of ether oxygens (including phenoxy) is 3. The van der Waals surface area contributed by atoms with E-state index in [0.717, 1.165) is 0 Å². The van der Waals surface area contributed by atoms with E-state index in [2.05, 4.69) is 10.6 Å². The first-order valence-corrected chi connectivity index (χ1v) is 5.91. The quantitative estimate of drug-likeness (QED) is 0.367. The Bertz CT molecular complexity index is 204. The molecule has 0 saturated carbocycles. The van der Waals surface area contributed by atoms with Crippen molar-refractivity contribution in [3.05, 3.63) is 0 Å². The molecule has 0 aromatic carbocycles. The monoisotopic (exact) mass is 264 g/mol. The molecule has 7 nitrogen and oxygen atoms in total. The van der Waals surface area contributed by atoms with Gasteiger partial charge in [-0.1, -0.05) is 0 Å². The van der Waals surface area contributed by atoms with Crippen molar-refractivity contribution < 1.29 is 24.1 Å². The molecule has 0 aromatic rings. The SMILES string of the molecule is COCCNC(=O)CNCC(O)COCCOC. The zero-order chi connectivity index (χ0) is 13.6. The van der Waals surface area contributed by atoms with Crippen molar-refractivity contribution in [1.82, 2.24) is 10.6 Å². The van der Waals surface area contributed by atoms with Crippen LogP contribution in [0.15, 0.2) is 0 Å². The van der Waals surface area contributed by atoms with E-state index in [9.17, 15) is 9.90 Å². The van der Waals surface area contributed by atoms with Crippen molar-refractivity contribution in [1.29, 1.82) is 0 Å². The molecule has 0 fully saturated rings. The summed E-state index contributed by atoms with van der Waals surface area (Å²) in [4.78, 5) is 11.2. The Morgan fingerprint density at radius 1 is 1.22 bits per heavy atom. The lowest BCUT2D eigenvalue weighted by Gasteiger charge is -2.12. The summed E-state index contributed by atoms with van der Waals surface area (Å²) in [6.07, 6.45) is -0.631. The van der Waals surface area contributed by atoms with Crippen LogP contribution in [-0.2, 0) is 19.0 Å². The van der Waals surface area contributed by atoms with Gasteiger partial charge in [-0.15, -0.1) is 0 Å². The number of nitrogens with one attached hydrogen (secondary N) is 2. The minimum absolute atomic E-state index is 0.125. The van der Waals surface area contributed by atoms with E-state index in [0.29, 0.717) is 32.9 Å². The summed E-state index contributed by atoms with van der Waals surface area (Å²) in [6, 6.07) is 0. The molecule has 1 atom stereocenters. The van der Waals surface area contributed by atoms with Gasteiger partial charge < -0.3 is 30.0 Å². The molecular weight excluding hydrogens is 240 g/mol. The molecule has 0 aliphatic rings. The van der Waals surface area contributed by atoms with Crippen LogP contribution >= 0.6 is 0 Å². The lowest BCUT2D eigenvalue weighted by atomic mass is 10.3. The second-order valence-electron chi connectivity index (χ2n) is 3.70. The standard InChI is InChI=1S/C11H24N2O5/c1-16-4-3-13-11(15)8-12-7-10(14)9-18-6-5-17-2/h10,12,14H,3-9H2,1-2H3,(H,13,15). The fourth-order valence-corrected chi connectivity index (χ4v) is 1.13. The summed E-state index contributed by atoms with van der Waals surface area (Å²) in [5, 5.41) is 15.0. The summed E-state index contributed by atoms with van der Waals surface area (Å²) in [5.41, 5.74) is 0. The third-order valence-corrected chi connectivity index (χ3v) is 2.04. The first kappa shape index (κ1) is 17.3. The van der Waals surface area contributed by atoms with Crippen LogP contribution in [0, 0.1) is 0 Å². The first-order chi connectivity index (χ1) is 8.70. The van der Waals surface area contributed by atoms with Gasteiger partial charge in [0.1, 0.15) is 0 Å². The van der Waals surface area contributed by atoms with Gasteiger partial charge in [0.05, 0.1) is 39.1 Å². The maximum Gasteiger partial charge on any atom is 0.234 e. The Morgan fingerprint density at radius 3 is 2.61 bits per heavy atom. The third kappa shape index (κ3) is 11.7. The number of carbonyl (C=O) groups excluding carboxylic acids is 1. The smallest absolute Gasteiger partial charge is 0.234 e. The van der Waals surface area contributed by atoms with Gasteiger partial charge in [0.2, 0.25) is 5.91 Å². The fourth-order valence-electron chi connectivity index (χ4n) is 1.13. The predicted octanol–water partition coefficient (Wildman–Crippen LogP) is -1.64. The number of aliphatic hydroxyl groups excluding tert-OH is 1. The number of aliphatic hydroxyl groups is 1. The molecule has 0 heterocycles. The molecule has 0 rings (SSSR count). The Morgan fingerprint density at radius 2 is 1.94 bits per heavy atom. The van der Waals surface area contributed by atoms with Crippen LogP contribution in [0.5, 0.6) is 0 Å². The molecular formula is C11H24N2O5. The summed E-state index contributed by atoms with van der Waals surface area (Å²) in [5.74, 6) is -0.125. The van der Waals surface area contributed by atoms with Crippen LogP contribution in [0.3, 0.4) is 0 Å². The number of methoxy groups -OCH3 is 2. The van der Waals surface area contributed by atoms with Gasteiger partial charge in [0.15, 0.2) is 0 Å². The molecule has 0 aromatic heterocycles. The van der Waals surface area contributed by atoms with E-state index in [1.54, 1.807) is 14.2 Å². The van der Waals surface area contributed by atoms with E-state index < -0.39 is 6.10 Å². The minimum Gasteiger partial charge on any atom is -0.389 e. The molecule has 0 aliphatic heterocycles. The third-order valence-electron chi connectivity index (χ3n) is 2.04. The summed E-state index contributed by atoms with van der Waals surface area (Å²) in [7, 11) is 3.16. The Kier molecular flexibility index (Phi) is 12.2. The summed E-state index contributed by atoms with van der Waals surface area (Å²) >= 11 is 0. The molecule has 1 unspecified atom stereocenters. The van der Waals surface area contributed by atoms with E-state index in [4.69, 9.17) is 14.2 Å². The molecule has 0 radical (unpaired) electrons. The van der Waals surface area contributed by atoms with Gasteiger partial charge in [-0.05, 0) is 0 Å². The molecule has 0 aliphatic carbocycles. The van der Waals surface area contributed by atoms with Crippen molar-refractivity contribution in [2.45, 2.75) is 6.10 Å². The lowest BCUT2D eigenvalue weighted by molar-refractivity contribution is -0.120. The van der Waals surface area contributed by atoms with Crippen molar-refractivity contribution in [3.8, 4) is 0 Å². The van der Waals surface area contributed by atoms with Crippen molar-refractivity contribution in [2.75, 3.05) is 60.3 Å². The lowest BCUT2D eigenvalue weighted by Crippen LogP contribution is -2.39. The Hall–Kier alpha value is -0.730. The van der Waals surface area contributed by atoms with Crippen LogP contribution in [0.1, 0.15) is 0 Å². The molecule has 0 spiro atoms. The van der Waals surface area contributed by atoms with Crippen LogP contribution < -0.4 is 10.6 Å². The summed E-state index contributed by atoms with van der Waals surface area (Å²) < 4.78 is 14.7. The maximum absolute atomic E-state index is 11.2. The molecule has 18 heavy (non-hydrogen) atoms. The predicted molar refractivity (Wildman–Crippen MR) is 66.5 cm³/mol. The van der Waals surface area contributed by atoms with Gasteiger partial charge in [0.25, 0.3) is 0 Å². The summed E-state index contributed by atoms with van der Waals surface area (Å²) in [6.45, 7) is 2.62. The highest BCUT2D eigenvalue weighted by molar-refractivity contribution is 5.77. The zero-order valence-corrected chi connectivity index (χ0v) is 11.1. The molecule has 0 bridgehead atoms. The highest BCUT2D eigenvalue weighted by atomic mass is 16.5. The van der Waals surface area contributed by atoms with Gasteiger partial charge in [-0.2, -0.15) is 0 Å². The second kappa shape index (κ2) is 12.7. The Balaban J connectivity index is 3.32. The Labute approximate surface area is 108 Å². The first-order valence-electron chi connectivity index (χ1n) is 5.91. The largest absolute Gasteiger partial charge is 0.389 e. The number of carbonyl (C=O) groups is 1. The van der Waals surface area contributed by atoms with Crippen molar-refractivity contribution in [3.63, 3.8) is 0 Å². The topological polar surface area (TPSA) is 89.1 Å². The maximum atomic E-state index is 11.2. The normalized spacial score (nSPS) is 12.4. The number of rotatable bonds is 12. The minimum atomic E-state index is -0.631. The van der Waals surface area contributed by atoms with Gasteiger partial charge in [-0.3, -0.25) is 4.79 Å². The molecule has 0 saturated heterocycles. The van der Waals surface area contributed by atoms with E-state index >= 15 is 0 Å². The zero-order valence-electron chi connectivity index (χ0n) is 11.1. The van der Waals surface area contributed by atoms with Crippen LogP contribution in [0.2, 0.25) is 0 Å². The van der Waals surface area contributed by atoms with E-state index in [1.165, 1.54) is 0 Å². The highest BCUT2D eigenvalue weighted by Gasteiger charge is 2.05. The average molecular weight is 264 g/mol. The average Bonchev–Trinajstić information content (AvgIpc) is 2.35. The van der Waals surface area contributed by atoms with Crippen LogP contribution in [0.25, 0.3) is 0 Å². The molecule has 3 N–H and O–H groups in total. The van der Waals surface area contributed by atoms with Crippen molar-refractivity contribution in [2.24, 2.45) is 0 Å². The van der Waals surface area contributed by atoms with Gasteiger partial charge in [0, 0.05) is 27.3 Å². The molecule has 1 amide bonds. The second-order valence-corrected chi connectivity index (χ2v) is 3.70. The highest BCUT2D eigenvalue weighted by Crippen LogP contribution is 1.84. The number of hydrogen-bond donors (Lipinski definition) is 3.